The Labute approximate surface area is 48.8 Å². The average molecular weight is 114 g/mol. The number of carbonyl (C=O) groups is 1. The van der Waals surface area contributed by atoms with E-state index in [4.69, 9.17) is 4.74 Å². The molecule has 0 saturated carbocycles. The Bertz CT molecular complexity index is 116. The molecule has 1 saturated heterocycles. The Morgan fingerprint density at radius 1 is 1.62 bits per heavy atom. The van der Waals surface area contributed by atoms with Crippen molar-refractivity contribution in [3.05, 3.63) is 0 Å². The van der Waals surface area contributed by atoms with E-state index in [2.05, 4.69) is 0 Å². The lowest BCUT2D eigenvalue weighted by molar-refractivity contribution is -0.117. The predicted octanol–water partition coefficient (Wildman–Crippen LogP) is 0.754. The van der Waals surface area contributed by atoms with Gasteiger partial charge in [0, 0.05) is 6.42 Å². The molecule has 0 spiro atoms. The van der Waals surface area contributed by atoms with Gasteiger partial charge in [0.05, 0.1) is 5.60 Å². The summed E-state index contributed by atoms with van der Waals surface area (Å²) in [7, 11) is 0. The van der Waals surface area contributed by atoms with Gasteiger partial charge in [0.1, 0.15) is 6.61 Å². The summed E-state index contributed by atoms with van der Waals surface area (Å²) in [4.78, 5) is 10.5. The van der Waals surface area contributed by atoms with Crippen LogP contribution in [0.4, 0.5) is 0 Å². The number of hydrogen-bond donors (Lipinski definition) is 0. The number of rotatable bonds is 0. The summed E-state index contributed by atoms with van der Waals surface area (Å²) in [6, 6.07) is 0. The molecule has 0 atom stereocenters. The molecule has 1 aliphatic rings. The van der Waals surface area contributed by atoms with Gasteiger partial charge in [-0.05, 0) is 13.8 Å². The van der Waals surface area contributed by atoms with Crippen molar-refractivity contribution in [1.29, 1.82) is 0 Å². The van der Waals surface area contributed by atoms with Gasteiger partial charge in [-0.3, -0.25) is 4.79 Å². The summed E-state index contributed by atoms with van der Waals surface area (Å²) < 4.78 is 5.10. The molecule has 0 bridgehead atoms. The van der Waals surface area contributed by atoms with E-state index in [1.54, 1.807) is 0 Å². The highest BCUT2D eigenvalue weighted by molar-refractivity contribution is 5.82. The Kier molecular flexibility index (Phi) is 1.12. The van der Waals surface area contributed by atoms with Crippen LogP contribution in [0, 0.1) is 0 Å². The molecule has 2 heteroatoms. The molecule has 1 rings (SSSR count). The van der Waals surface area contributed by atoms with Crippen molar-refractivity contribution in [1.82, 2.24) is 0 Å². The molecule has 0 N–H and O–H groups in total. The van der Waals surface area contributed by atoms with Gasteiger partial charge in [-0.1, -0.05) is 0 Å². The lowest BCUT2D eigenvalue weighted by atomic mass is 10.1. The van der Waals surface area contributed by atoms with Crippen LogP contribution in [0.1, 0.15) is 20.3 Å². The molecule has 0 aromatic heterocycles. The molecule has 0 radical (unpaired) electrons. The zero-order valence-corrected chi connectivity index (χ0v) is 5.23. The van der Waals surface area contributed by atoms with Crippen LogP contribution < -0.4 is 0 Å². The number of carbonyl (C=O) groups excluding carboxylic acids is 1. The van der Waals surface area contributed by atoms with Gasteiger partial charge in [0.15, 0.2) is 5.78 Å². The van der Waals surface area contributed by atoms with Gasteiger partial charge < -0.3 is 4.74 Å². The first-order chi connectivity index (χ1) is 3.60. The normalized spacial score (nSPS) is 26.5. The first-order valence-electron chi connectivity index (χ1n) is 2.76. The molecule has 0 aromatic carbocycles. The van der Waals surface area contributed by atoms with Gasteiger partial charge >= 0.3 is 0 Å². The van der Waals surface area contributed by atoms with Crippen LogP contribution in [0.15, 0.2) is 0 Å². The lowest BCUT2D eigenvalue weighted by Gasteiger charge is -2.13. The summed E-state index contributed by atoms with van der Waals surface area (Å²) >= 11 is 0. The summed E-state index contributed by atoms with van der Waals surface area (Å²) in [5.74, 6) is 0.218. The third-order valence-electron chi connectivity index (χ3n) is 1.25. The largest absolute Gasteiger partial charge is 0.367 e. The standard InChI is InChI=1S/C6H10O2/c1-6(2)3-5(7)4-8-6/h3-4H2,1-2H3. The van der Waals surface area contributed by atoms with E-state index in [1.165, 1.54) is 0 Å². The fourth-order valence-corrected chi connectivity index (χ4v) is 0.853. The van der Waals surface area contributed by atoms with Crippen molar-refractivity contribution in [2.75, 3.05) is 6.61 Å². The van der Waals surface area contributed by atoms with Gasteiger partial charge in [0.2, 0.25) is 0 Å². The minimum atomic E-state index is -0.183. The van der Waals surface area contributed by atoms with E-state index in [1.807, 2.05) is 13.8 Å². The Morgan fingerprint density at radius 3 is 2.38 bits per heavy atom. The number of Topliss-reactive ketones (excluding diaryl/α,β-unsaturated/α-hetero) is 1. The van der Waals surface area contributed by atoms with Crippen LogP contribution in [0.5, 0.6) is 0 Å². The number of ketones is 1. The number of hydrogen-bond acceptors (Lipinski definition) is 2. The van der Waals surface area contributed by atoms with E-state index in [-0.39, 0.29) is 11.4 Å². The van der Waals surface area contributed by atoms with E-state index < -0.39 is 0 Å². The zero-order valence-electron chi connectivity index (χ0n) is 5.23. The van der Waals surface area contributed by atoms with E-state index in [9.17, 15) is 4.79 Å². The third kappa shape index (κ3) is 1.07. The van der Waals surface area contributed by atoms with Crippen LogP contribution in [-0.2, 0) is 9.53 Å². The number of ether oxygens (including phenoxy) is 1. The topological polar surface area (TPSA) is 26.3 Å². The molecular weight excluding hydrogens is 104 g/mol. The minimum Gasteiger partial charge on any atom is -0.367 e. The second-order valence-corrected chi connectivity index (χ2v) is 2.76. The fourth-order valence-electron chi connectivity index (χ4n) is 0.853. The van der Waals surface area contributed by atoms with Crippen molar-refractivity contribution in [2.24, 2.45) is 0 Å². The van der Waals surface area contributed by atoms with Crippen LogP contribution in [0.25, 0.3) is 0 Å². The molecule has 1 fully saturated rings. The second-order valence-electron chi connectivity index (χ2n) is 2.76. The van der Waals surface area contributed by atoms with Crippen LogP contribution in [-0.4, -0.2) is 18.0 Å². The predicted molar refractivity (Wildman–Crippen MR) is 29.7 cm³/mol. The van der Waals surface area contributed by atoms with Crippen molar-refractivity contribution >= 4 is 5.78 Å². The Hall–Kier alpha value is -0.370. The molecule has 0 aromatic rings. The first-order valence-corrected chi connectivity index (χ1v) is 2.76. The monoisotopic (exact) mass is 114 g/mol. The maximum absolute atomic E-state index is 10.5. The van der Waals surface area contributed by atoms with Crippen LogP contribution >= 0.6 is 0 Å². The van der Waals surface area contributed by atoms with Crippen molar-refractivity contribution in [3.63, 3.8) is 0 Å². The maximum Gasteiger partial charge on any atom is 0.161 e. The lowest BCUT2D eigenvalue weighted by Crippen LogP contribution is -2.16. The third-order valence-corrected chi connectivity index (χ3v) is 1.25. The van der Waals surface area contributed by atoms with Crippen molar-refractivity contribution in [2.45, 2.75) is 25.9 Å². The fraction of sp³-hybridized carbons (Fsp3) is 0.833. The highest BCUT2D eigenvalue weighted by Crippen LogP contribution is 2.20. The van der Waals surface area contributed by atoms with Gasteiger partial charge in [0.25, 0.3) is 0 Å². The van der Waals surface area contributed by atoms with E-state index >= 15 is 0 Å². The van der Waals surface area contributed by atoms with E-state index in [0.29, 0.717) is 13.0 Å². The molecule has 1 heterocycles. The summed E-state index contributed by atoms with van der Waals surface area (Å²) in [5, 5.41) is 0. The molecule has 0 unspecified atom stereocenters. The van der Waals surface area contributed by atoms with Gasteiger partial charge in [-0.25, -0.2) is 0 Å². The molecule has 1 aliphatic heterocycles. The molecule has 46 valence electrons. The molecule has 2 nitrogen and oxygen atoms in total. The molecule has 0 amide bonds. The van der Waals surface area contributed by atoms with E-state index in [0.717, 1.165) is 0 Å². The highest BCUT2D eigenvalue weighted by Gasteiger charge is 2.29. The quantitative estimate of drug-likeness (QED) is 0.464. The zero-order chi connectivity index (χ0) is 6.20. The smallest absolute Gasteiger partial charge is 0.161 e. The van der Waals surface area contributed by atoms with Gasteiger partial charge in [-0.15, -0.1) is 0 Å². The van der Waals surface area contributed by atoms with Crippen LogP contribution in [0.2, 0.25) is 0 Å². The van der Waals surface area contributed by atoms with Crippen LogP contribution in [0.3, 0.4) is 0 Å². The average Bonchev–Trinajstić information content (AvgIpc) is 1.82. The molecule has 0 aliphatic carbocycles. The first kappa shape index (κ1) is 5.76. The maximum atomic E-state index is 10.5. The second kappa shape index (κ2) is 1.55. The Morgan fingerprint density at radius 2 is 2.25 bits per heavy atom. The summed E-state index contributed by atoms with van der Waals surface area (Å²) in [6.45, 7) is 4.17. The molecular formula is C6H10O2. The molecule has 8 heavy (non-hydrogen) atoms. The summed E-state index contributed by atoms with van der Waals surface area (Å²) in [6.07, 6.45) is 0.576. The highest BCUT2D eigenvalue weighted by atomic mass is 16.5. The SMILES string of the molecule is CC1(C)CC(=O)CO1. The minimum absolute atomic E-state index is 0.183. The van der Waals surface area contributed by atoms with Crippen molar-refractivity contribution < 1.29 is 9.53 Å². The summed E-state index contributed by atoms with van der Waals surface area (Å²) in [5.41, 5.74) is -0.183. The van der Waals surface area contributed by atoms with Gasteiger partial charge in [-0.2, -0.15) is 0 Å². The van der Waals surface area contributed by atoms with Crippen molar-refractivity contribution in [3.8, 4) is 0 Å². The Balaban J connectivity index is 2.56.